The van der Waals surface area contributed by atoms with Crippen LogP contribution in [0.3, 0.4) is 0 Å². The highest BCUT2D eigenvalue weighted by atomic mass is 32.2. The second kappa shape index (κ2) is 8.64. The zero-order chi connectivity index (χ0) is 20.4. The van der Waals surface area contributed by atoms with Gasteiger partial charge in [0.15, 0.2) is 0 Å². The standard InChI is InChI=1S/C20H22N4O3S2/c1-2-8-24-19(26)15(29-20(24)28)11-14-17(21-12-13-6-5-10-27-13)22-16-7-3-4-9-23(16)18(14)25/h3-4,7,9,11,13,21H,2,5-6,8,10,12H2,1H3/b15-11-. The Labute approximate surface area is 178 Å². The molecular weight excluding hydrogens is 408 g/mol. The molecule has 0 bridgehead atoms. The second-order valence-electron chi connectivity index (χ2n) is 6.96. The average Bonchev–Trinajstić information content (AvgIpc) is 3.33. The number of carbonyl (C=O) groups excluding carboxylic acids is 1. The van der Waals surface area contributed by atoms with Crippen LogP contribution in [0.5, 0.6) is 0 Å². The van der Waals surface area contributed by atoms with Crippen molar-refractivity contribution in [3.05, 3.63) is 45.2 Å². The summed E-state index contributed by atoms with van der Waals surface area (Å²) >= 11 is 6.56. The number of nitrogens with zero attached hydrogens (tertiary/aromatic N) is 3. The smallest absolute Gasteiger partial charge is 0.267 e. The molecule has 152 valence electrons. The minimum atomic E-state index is -0.230. The molecule has 29 heavy (non-hydrogen) atoms. The van der Waals surface area contributed by atoms with Crippen LogP contribution in [-0.2, 0) is 9.53 Å². The lowest BCUT2D eigenvalue weighted by Gasteiger charge is -2.14. The first-order valence-electron chi connectivity index (χ1n) is 9.70. The molecule has 0 aliphatic carbocycles. The Morgan fingerprint density at radius 2 is 2.28 bits per heavy atom. The van der Waals surface area contributed by atoms with Crippen molar-refractivity contribution in [2.24, 2.45) is 0 Å². The number of amides is 1. The third-order valence-corrected chi connectivity index (χ3v) is 6.26. The summed E-state index contributed by atoms with van der Waals surface area (Å²) in [6, 6.07) is 5.39. The molecule has 2 aromatic rings. The van der Waals surface area contributed by atoms with E-state index < -0.39 is 0 Å². The number of pyridine rings is 1. The molecule has 2 fully saturated rings. The van der Waals surface area contributed by atoms with Gasteiger partial charge in [-0.1, -0.05) is 37.0 Å². The van der Waals surface area contributed by atoms with Gasteiger partial charge in [-0.3, -0.25) is 18.9 Å². The maximum absolute atomic E-state index is 13.2. The number of anilines is 1. The second-order valence-corrected chi connectivity index (χ2v) is 8.63. The molecule has 7 nitrogen and oxygen atoms in total. The third kappa shape index (κ3) is 4.08. The third-order valence-electron chi connectivity index (χ3n) is 4.89. The molecule has 2 aliphatic rings. The average molecular weight is 431 g/mol. The lowest BCUT2D eigenvalue weighted by molar-refractivity contribution is -0.122. The normalized spacial score (nSPS) is 20.9. The van der Waals surface area contributed by atoms with Crippen molar-refractivity contribution >= 4 is 51.7 Å². The molecular formula is C20H22N4O3S2. The van der Waals surface area contributed by atoms with Crippen LogP contribution < -0.4 is 10.9 Å². The molecule has 4 rings (SSSR count). The number of aromatic nitrogens is 2. The summed E-state index contributed by atoms with van der Waals surface area (Å²) in [6.45, 7) is 3.89. The van der Waals surface area contributed by atoms with Gasteiger partial charge in [-0.2, -0.15) is 0 Å². The molecule has 9 heteroatoms. The number of fused-ring (bicyclic) bond motifs is 1. The summed E-state index contributed by atoms with van der Waals surface area (Å²) in [5, 5.41) is 3.26. The predicted octanol–water partition coefficient (Wildman–Crippen LogP) is 2.90. The molecule has 1 atom stereocenters. The first-order valence-corrected chi connectivity index (χ1v) is 10.9. The summed E-state index contributed by atoms with van der Waals surface area (Å²) in [4.78, 5) is 32.6. The van der Waals surface area contributed by atoms with Gasteiger partial charge in [0.2, 0.25) is 0 Å². The maximum Gasteiger partial charge on any atom is 0.267 e. The van der Waals surface area contributed by atoms with Crippen LogP contribution in [0.15, 0.2) is 34.1 Å². The highest BCUT2D eigenvalue weighted by Crippen LogP contribution is 2.33. The van der Waals surface area contributed by atoms with E-state index in [1.54, 1.807) is 29.3 Å². The summed E-state index contributed by atoms with van der Waals surface area (Å²) in [5.74, 6) is 0.293. The first-order chi connectivity index (χ1) is 14.1. The summed E-state index contributed by atoms with van der Waals surface area (Å²) in [5.41, 5.74) is 0.665. The molecule has 2 aliphatic heterocycles. The van der Waals surface area contributed by atoms with Gasteiger partial charge >= 0.3 is 0 Å². The van der Waals surface area contributed by atoms with Crippen molar-refractivity contribution in [3.63, 3.8) is 0 Å². The van der Waals surface area contributed by atoms with Crippen LogP contribution in [0.2, 0.25) is 0 Å². The highest BCUT2D eigenvalue weighted by molar-refractivity contribution is 8.26. The molecule has 0 saturated carbocycles. The summed E-state index contributed by atoms with van der Waals surface area (Å²) < 4.78 is 7.67. The molecule has 1 amide bonds. The quantitative estimate of drug-likeness (QED) is 0.558. The molecule has 2 saturated heterocycles. The van der Waals surface area contributed by atoms with Crippen molar-refractivity contribution in [1.82, 2.24) is 14.3 Å². The molecule has 0 radical (unpaired) electrons. The Balaban J connectivity index is 1.74. The number of hydrogen-bond donors (Lipinski definition) is 1. The predicted molar refractivity (Wildman–Crippen MR) is 119 cm³/mol. The first kappa shape index (κ1) is 20.1. The SMILES string of the molecule is CCCN1C(=O)/C(=C/c2c(NCC3CCCO3)nc3ccccn3c2=O)SC1=S. The minimum absolute atomic E-state index is 0.0987. The number of thioether (sulfide) groups is 1. The Kier molecular flexibility index (Phi) is 5.98. The number of thiocarbonyl (C=S) groups is 1. The van der Waals surface area contributed by atoms with E-state index in [1.165, 1.54) is 16.2 Å². The zero-order valence-electron chi connectivity index (χ0n) is 16.1. The molecule has 4 heterocycles. The van der Waals surface area contributed by atoms with Gasteiger partial charge in [-0.25, -0.2) is 4.98 Å². The van der Waals surface area contributed by atoms with E-state index in [0.717, 1.165) is 25.9 Å². The van der Waals surface area contributed by atoms with E-state index in [-0.39, 0.29) is 17.6 Å². The Hall–Kier alpha value is -2.23. The fourth-order valence-electron chi connectivity index (χ4n) is 3.43. The van der Waals surface area contributed by atoms with Crippen LogP contribution in [0.1, 0.15) is 31.7 Å². The summed E-state index contributed by atoms with van der Waals surface area (Å²) in [7, 11) is 0. The van der Waals surface area contributed by atoms with E-state index >= 15 is 0 Å². The summed E-state index contributed by atoms with van der Waals surface area (Å²) in [6.07, 6.45) is 6.21. The van der Waals surface area contributed by atoms with Crippen molar-refractivity contribution in [3.8, 4) is 0 Å². The topological polar surface area (TPSA) is 75.9 Å². The lowest BCUT2D eigenvalue weighted by Crippen LogP contribution is -2.28. The van der Waals surface area contributed by atoms with Gasteiger partial charge in [0.1, 0.15) is 15.8 Å². The largest absolute Gasteiger partial charge is 0.376 e. The van der Waals surface area contributed by atoms with E-state index in [1.807, 2.05) is 13.0 Å². The highest BCUT2D eigenvalue weighted by Gasteiger charge is 2.32. The van der Waals surface area contributed by atoms with Gasteiger partial charge < -0.3 is 10.1 Å². The van der Waals surface area contributed by atoms with Crippen molar-refractivity contribution in [1.29, 1.82) is 0 Å². The maximum atomic E-state index is 13.2. The number of ether oxygens (including phenoxy) is 1. The van der Waals surface area contributed by atoms with Crippen LogP contribution >= 0.6 is 24.0 Å². The molecule has 1 unspecified atom stereocenters. The van der Waals surface area contributed by atoms with E-state index in [2.05, 4.69) is 10.3 Å². The van der Waals surface area contributed by atoms with Crippen LogP contribution in [0.25, 0.3) is 11.7 Å². The van der Waals surface area contributed by atoms with Crippen LogP contribution in [-0.4, -0.2) is 50.3 Å². The van der Waals surface area contributed by atoms with Gasteiger partial charge in [0, 0.05) is 25.9 Å². The number of hydrogen-bond acceptors (Lipinski definition) is 7. The fourth-order valence-corrected chi connectivity index (χ4v) is 4.72. The van der Waals surface area contributed by atoms with Gasteiger partial charge in [0.25, 0.3) is 11.5 Å². The minimum Gasteiger partial charge on any atom is -0.376 e. The monoisotopic (exact) mass is 430 g/mol. The number of nitrogens with one attached hydrogen (secondary N) is 1. The molecule has 0 aromatic carbocycles. The fraction of sp³-hybridized carbons (Fsp3) is 0.400. The van der Waals surface area contributed by atoms with E-state index in [4.69, 9.17) is 17.0 Å². The number of carbonyl (C=O) groups is 1. The molecule has 2 aromatic heterocycles. The van der Waals surface area contributed by atoms with E-state index in [0.29, 0.717) is 39.3 Å². The zero-order valence-corrected chi connectivity index (χ0v) is 17.7. The van der Waals surface area contributed by atoms with E-state index in [9.17, 15) is 9.59 Å². The molecule has 1 N–H and O–H groups in total. The Morgan fingerprint density at radius 1 is 1.41 bits per heavy atom. The van der Waals surface area contributed by atoms with Crippen molar-refractivity contribution in [2.75, 3.05) is 25.0 Å². The molecule has 0 spiro atoms. The van der Waals surface area contributed by atoms with Crippen LogP contribution in [0.4, 0.5) is 5.82 Å². The van der Waals surface area contributed by atoms with Crippen molar-refractivity contribution in [2.45, 2.75) is 32.3 Å². The van der Waals surface area contributed by atoms with Gasteiger partial charge in [-0.15, -0.1) is 0 Å². The Bertz CT molecular complexity index is 1040. The number of rotatable bonds is 6. The lowest BCUT2D eigenvalue weighted by atomic mass is 10.2. The van der Waals surface area contributed by atoms with Crippen LogP contribution in [0, 0.1) is 0 Å². The van der Waals surface area contributed by atoms with Gasteiger partial charge in [-0.05, 0) is 37.5 Å². The van der Waals surface area contributed by atoms with Gasteiger partial charge in [0.05, 0.1) is 16.6 Å². The van der Waals surface area contributed by atoms with Crippen molar-refractivity contribution < 1.29 is 9.53 Å². The Morgan fingerprint density at radius 3 is 3.03 bits per heavy atom.